The zero-order valence-corrected chi connectivity index (χ0v) is 35.6. The van der Waals surface area contributed by atoms with E-state index >= 15 is 4.79 Å². The van der Waals surface area contributed by atoms with Gasteiger partial charge in [-0.2, -0.15) is 0 Å². The minimum absolute atomic E-state index is 0.0410. The molecule has 0 bridgehead atoms. The number of rotatable bonds is 17. The molecule has 0 aromatic heterocycles. The second kappa shape index (κ2) is 18.5. The van der Waals surface area contributed by atoms with Gasteiger partial charge in [-0.15, -0.1) is 0 Å². The van der Waals surface area contributed by atoms with E-state index in [1.165, 1.54) is 10.4 Å². The van der Waals surface area contributed by atoms with E-state index in [0.29, 0.717) is 26.1 Å². The summed E-state index contributed by atoms with van der Waals surface area (Å²) in [6.45, 7) is 20.8. The lowest BCUT2D eigenvalue weighted by Gasteiger charge is -2.45. The molecule has 3 unspecified atom stereocenters. The van der Waals surface area contributed by atoms with Crippen molar-refractivity contribution in [2.24, 2.45) is 17.3 Å². The van der Waals surface area contributed by atoms with Crippen molar-refractivity contribution in [3.63, 3.8) is 0 Å². The molecule has 3 aromatic rings. The van der Waals surface area contributed by atoms with E-state index in [9.17, 15) is 0 Å². The van der Waals surface area contributed by atoms with E-state index in [2.05, 4.69) is 133 Å². The van der Waals surface area contributed by atoms with Crippen molar-refractivity contribution in [3.05, 3.63) is 96.6 Å². The number of carbonyl (C=O) groups excluding carboxylic acids is 1. The quantitative estimate of drug-likeness (QED) is 0.128. The molecule has 0 spiro atoms. The van der Waals surface area contributed by atoms with E-state index < -0.39 is 19.5 Å². The smallest absolute Gasteiger partial charge is 0.261 e. The lowest BCUT2D eigenvalue weighted by molar-refractivity contribution is -0.289. The van der Waals surface area contributed by atoms with Crippen molar-refractivity contribution in [2.75, 3.05) is 13.2 Å². The van der Waals surface area contributed by atoms with Gasteiger partial charge in [0.15, 0.2) is 12.1 Å². The van der Waals surface area contributed by atoms with Crippen LogP contribution >= 0.6 is 0 Å². The molecule has 54 heavy (non-hydrogen) atoms. The molecule has 2 heterocycles. The Bertz CT molecular complexity index is 1520. The first-order valence-electron chi connectivity index (χ1n) is 20.6. The number of Topliss-reactive ketones (excluding diaryl/α,β-unsaturated/α-hetero) is 1. The van der Waals surface area contributed by atoms with Crippen molar-refractivity contribution in [1.29, 1.82) is 0 Å². The maximum atomic E-state index is 15.1. The molecule has 0 aliphatic carbocycles. The first-order chi connectivity index (χ1) is 25.6. The highest BCUT2D eigenvalue weighted by Gasteiger charge is 2.51. The number of hydrogen-bond donors (Lipinski definition) is 0. The molecule has 2 aliphatic heterocycles. The van der Waals surface area contributed by atoms with Crippen molar-refractivity contribution < 1.29 is 28.2 Å². The predicted molar refractivity (Wildman–Crippen MR) is 222 cm³/mol. The molecule has 0 radical (unpaired) electrons. The molecule has 6 atom stereocenters. The standard InChI is InChI=1S/C47H68O6Si/c1-35(22-21-23-36(2)53-54(45(3,4)5,38-26-15-11-16-27-38)39-28-17-12-18-29-39)43(51-42-30-19-20-32-49-42)40(34-37-24-13-10-14-25-37)44(48)46(6,7)41-31-33-50-47(8,9)52-41/h10-18,24-29,35-36,40-43H,19-23,30-34H2,1-9H3/t35-,36?,40?,41-,42?,43+/m0/s1. The minimum Gasteiger partial charge on any atom is -0.405 e. The lowest BCUT2D eigenvalue weighted by atomic mass is 9.70. The van der Waals surface area contributed by atoms with Crippen LogP contribution in [0.2, 0.25) is 5.04 Å². The molecule has 6 nitrogen and oxygen atoms in total. The highest BCUT2D eigenvalue weighted by Crippen LogP contribution is 2.41. The average molecular weight is 757 g/mol. The fourth-order valence-electron chi connectivity index (χ4n) is 8.78. The van der Waals surface area contributed by atoms with Crippen molar-refractivity contribution >= 4 is 24.5 Å². The Hall–Kier alpha value is -2.65. The number of hydrogen-bond acceptors (Lipinski definition) is 6. The second-order valence-electron chi connectivity index (χ2n) is 17.9. The molecule has 2 saturated heterocycles. The van der Waals surface area contributed by atoms with Gasteiger partial charge in [0.2, 0.25) is 0 Å². The van der Waals surface area contributed by atoms with Gasteiger partial charge in [0.05, 0.1) is 24.2 Å². The Morgan fingerprint density at radius 1 is 0.815 bits per heavy atom. The molecule has 296 valence electrons. The van der Waals surface area contributed by atoms with Crippen LogP contribution < -0.4 is 10.4 Å². The Kier molecular flexibility index (Phi) is 14.6. The van der Waals surface area contributed by atoms with Gasteiger partial charge >= 0.3 is 0 Å². The van der Waals surface area contributed by atoms with E-state index in [4.69, 9.17) is 23.4 Å². The van der Waals surface area contributed by atoms with Crippen LogP contribution in [0.3, 0.4) is 0 Å². The molecule has 2 fully saturated rings. The van der Waals surface area contributed by atoms with E-state index in [-0.39, 0.29) is 47.3 Å². The first-order valence-corrected chi connectivity index (χ1v) is 22.5. The molecular formula is C47H68O6Si. The summed E-state index contributed by atoms with van der Waals surface area (Å²) in [6, 6.07) is 32.2. The zero-order chi connectivity index (χ0) is 39.0. The van der Waals surface area contributed by atoms with Gasteiger partial charge in [0.25, 0.3) is 8.32 Å². The van der Waals surface area contributed by atoms with Gasteiger partial charge in [-0.05, 0) is 92.6 Å². The minimum atomic E-state index is -2.67. The SMILES string of the molecule is CC(CCC[C@H](C)[C@@H](OC1CCCCO1)C(Cc1ccccc1)C(=O)C(C)(C)[C@@H]1CCOC(C)(C)O1)O[Si](c1ccccc1)(c1ccccc1)C(C)(C)C. The summed E-state index contributed by atoms with van der Waals surface area (Å²) in [5.41, 5.74) is 0.394. The fraction of sp³-hybridized carbons (Fsp3) is 0.596. The van der Waals surface area contributed by atoms with Crippen molar-refractivity contribution in [3.8, 4) is 0 Å². The average Bonchev–Trinajstić information content (AvgIpc) is 3.15. The Morgan fingerprint density at radius 3 is 1.94 bits per heavy atom. The normalized spacial score (nSPS) is 21.9. The Labute approximate surface area is 327 Å². The van der Waals surface area contributed by atoms with Gasteiger partial charge < -0.3 is 23.4 Å². The van der Waals surface area contributed by atoms with Gasteiger partial charge in [-0.25, -0.2) is 0 Å². The fourth-order valence-corrected chi connectivity index (χ4v) is 13.5. The number of ketones is 1. The zero-order valence-electron chi connectivity index (χ0n) is 34.6. The van der Waals surface area contributed by atoms with Crippen molar-refractivity contribution in [2.45, 2.75) is 149 Å². The third-order valence-electron chi connectivity index (χ3n) is 11.8. The Balaban J connectivity index is 1.39. The summed E-state index contributed by atoms with van der Waals surface area (Å²) < 4.78 is 33.0. The van der Waals surface area contributed by atoms with E-state index in [1.54, 1.807) is 0 Å². The van der Waals surface area contributed by atoms with Gasteiger partial charge in [-0.1, -0.05) is 139 Å². The van der Waals surface area contributed by atoms with Crippen LogP contribution in [0.15, 0.2) is 91.0 Å². The molecule has 3 aromatic carbocycles. The summed E-state index contributed by atoms with van der Waals surface area (Å²) in [7, 11) is -2.67. The monoisotopic (exact) mass is 756 g/mol. The molecular weight excluding hydrogens is 689 g/mol. The Morgan fingerprint density at radius 2 is 1.41 bits per heavy atom. The van der Waals surface area contributed by atoms with Gasteiger partial charge in [0.1, 0.15) is 5.78 Å². The molecule has 2 aliphatic rings. The number of carbonyl (C=O) groups is 1. The number of ether oxygens (including phenoxy) is 4. The van der Waals surface area contributed by atoms with Crippen LogP contribution in [-0.4, -0.2) is 57.7 Å². The van der Waals surface area contributed by atoms with Crippen LogP contribution in [-0.2, 0) is 34.6 Å². The third-order valence-corrected chi connectivity index (χ3v) is 17.0. The van der Waals surface area contributed by atoms with Crippen LogP contribution in [0.25, 0.3) is 0 Å². The van der Waals surface area contributed by atoms with E-state index in [1.807, 2.05) is 19.9 Å². The summed E-state index contributed by atoms with van der Waals surface area (Å²) in [4.78, 5) is 15.1. The lowest BCUT2D eigenvalue weighted by Crippen LogP contribution is -2.67. The maximum absolute atomic E-state index is 15.1. The topological polar surface area (TPSA) is 63.2 Å². The summed E-state index contributed by atoms with van der Waals surface area (Å²) in [5, 5.41) is 2.51. The largest absolute Gasteiger partial charge is 0.405 e. The van der Waals surface area contributed by atoms with E-state index in [0.717, 1.165) is 44.1 Å². The first kappa shape index (κ1) is 42.5. The summed E-state index contributed by atoms with van der Waals surface area (Å²) in [5.74, 6) is -0.814. The van der Waals surface area contributed by atoms with Crippen LogP contribution in [0.1, 0.15) is 113 Å². The molecule has 0 saturated carbocycles. The highest BCUT2D eigenvalue weighted by molar-refractivity contribution is 6.99. The molecule has 7 heteroatoms. The highest BCUT2D eigenvalue weighted by atomic mass is 28.4. The predicted octanol–water partition coefficient (Wildman–Crippen LogP) is 9.67. The molecule has 0 N–H and O–H groups in total. The maximum Gasteiger partial charge on any atom is 0.261 e. The van der Waals surface area contributed by atoms with Gasteiger partial charge in [-0.3, -0.25) is 4.79 Å². The van der Waals surface area contributed by atoms with Crippen molar-refractivity contribution in [1.82, 2.24) is 0 Å². The molecule has 5 rings (SSSR count). The number of benzene rings is 3. The third kappa shape index (κ3) is 10.4. The second-order valence-corrected chi connectivity index (χ2v) is 22.2. The van der Waals surface area contributed by atoms with Crippen LogP contribution in [0.5, 0.6) is 0 Å². The summed E-state index contributed by atoms with van der Waals surface area (Å²) >= 11 is 0. The van der Waals surface area contributed by atoms with Crippen LogP contribution in [0, 0.1) is 17.3 Å². The molecule has 0 amide bonds. The van der Waals surface area contributed by atoms with Gasteiger partial charge in [0, 0.05) is 18.6 Å². The van der Waals surface area contributed by atoms with Crippen LogP contribution in [0.4, 0.5) is 0 Å². The summed E-state index contributed by atoms with van der Waals surface area (Å²) in [6.07, 6.45) is 6.17.